The molecule has 6 nitrogen and oxygen atoms in total. The maximum atomic E-state index is 12.2. The van der Waals surface area contributed by atoms with Gasteiger partial charge in [0.25, 0.3) is 0 Å². The van der Waals surface area contributed by atoms with Crippen LogP contribution in [0.5, 0.6) is 5.75 Å². The van der Waals surface area contributed by atoms with Crippen molar-refractivity contribution in [1.82, 2.24) is 15.6 Å². The van der Waals surface area contributed by atoms with Gasteiger partial charge in [-0.15, -0.1) is 0 Å². The van der Waals surface area contributed by atoms with Crippen molar-refractivity contribution >= 4 is 17.0 Å². The number of carbonyl (C=O) groups excluding carboxylic acids is 1. The fourth-order valence-corrected chi connectivity index (χ4v) is 2.73. The molecule has 3 aromatic rings. The third kappa shape index (κ3) is 3.91. The number of urea groups is 1. The van der Waals surface area contributed by atoms with Crippen LogP contribution in [0.25, 0.3) is 11.0 Å². The second-order valence-corrected chi connectivity index (χ2v) is 5.66. The lowest BCUT2D eigenvalue weighted by molar-refractivity contribution is 0.235. The summed E-state index contributed by atoms with van der Waals surface area (Å²) in [5, 5.41) is 6.74. The van der Waals surface area contributed by atoms with E-state index in [4.69, 9.17) is 9.15 Å². The number of amides is 2. The molecule has 0 radical (unpaired) electrons. The highest BCUT2D eigenvalue weighted by atomic mass is 16.5. The van der Waals surface area contributed by atoms with E-state index in [0.717, 1.165) is 17.4 Å². The third-order valence-electron chi connectivity index (χ3n) is 4.02. The number of fused-ring (bicyclic) bond motifs is 1. The molecule has 0 aliphatic rings. The van der Waals surface area contributed by atoms with Crippen LogP contribution in [-0.4, -0.2) is 18.1 Å². The van der Waals surface area contributed by atoms with Crippen LogP contribution < -0.4 is 15.4 Å². The van der Waals surface area contributed by atoms with Gasteiger partial charge in [-0.1, -0.05) is 19.1 Å². The zero-order valence-electron chi connectivity index (χ0n) is 14.3. The highest BCUT2D eigenvalue weighted by molar-refractivity contribution is 5.83. The second kappa shape index (κ2) is 7.70. The maximum absolute atomic E-state index is 12.2. The SMILES string of the molecule is CC[C@H](NC(=O)NCc1cc2cccc(OC)c2o1)c1ccncc1. The van der Waals surface area contributed by atoms with Crippen LogP contribution in [0, 0.1) is 0 Å². The van der Waals surface area contributed by atoms with E-state index in [2.05, 4.69) is 15.6 Å². The van der Waals surface area contributed by atoms with Crippen LogP contribution in [0.2, 0.25) is 0 Å². The number of benzene rings is 1. The van der Waals surface area contributed by atoms with Gasteiger partial charge in [0.05, 0.1) is 19.7 Å². The first kappa shape index (κ1) is 16.8. The number of nitrogens with zero attached hydrogens (tertiary/aromatic N) is 1. The van der Waals surface area contributed by atoms with Gasteiger partial charge in [-0.05, 0) is 36.2 Å². The Bertz CT molecular complexity index is 846. The minimum atomic E-state index is -0.240. The summed E-state index contributed by atoms with van der Waals surface area (Å²) in [5.74, 6) is 1.35. The van der Waals surface area contributed by atoms with E-state index in [9.17, 15) is 4.79 Å². The fourth-order valence-electron chi connectivity index (χ4n) is 2.73. The van der Waals surface area contributed by atoms with E-state index in [-0.39, 0.29) is 12.1 Å². The number of furan rings is 1. The first-order chi connectivity index (χ1) is 12.2. The Hall–Kier alpha value is -3.02. The summed E-state index contributed by atoms with van der Waals surface area (Å²) in [5.41, 5.74) is 1.71. The molecule has 6 heteroatoms. The lowest BCUT2D eigenvalue weighted by Crippen LogP contribution is -2.37. The van der Waals surface area contributed by atoms with Gasteiger partial charge >= 0.3 is 6.03 Å². The second-order valence-electron chi connectivity index (χ2n) is 5.66. The van der Waals surface area contributed by atoms with Gasteiger partial charge in [0.1, 0.15) is 5.76 Å². The van der Waals surface area contributed by atoms with Gasteiger partial charge in [-0.2, -0.15) is 0 Å². The van der Waals surface area contributed by atoms with E-state index in [0.29, 0.717) is 23.6 Å². The number of nitrogens with one attached hydrogen (secondary N) is 2. The van der Waals surface area contributed by atoms with Gasteiger partial charge in [-0.3, -0.25) is 4.98 Å². The van der Waals surface area contributed by atoms with Crippen LogP contribution in [0.1, 0.15) is 30.7 Å². The number of hydrogen-bond donors (Lipinski definition) is 2. The van der Waals surface area contributed by atoms with Gasteiger partial charge in [-0.25, -0.2) is 4.79 Å². The van der Waals surface area contributed by atoms with Crippen LogP contribution in [0.15, 0.2) is 53.2 Å². The van der Waals surface area contributed by atoms with Gasteiger partial charge < -0.3 is 19.8 Å². The summed E-state index contributed by atoms with van der Waals surface area (Å²) in [7, 11) is 1.60. The predicted molar refractivity (Wildman–Crippen MR) is 95.4 cm³/mol. The van der Waals surface area contributed by atoms with E-state index < -0.39 is 0 Å². The maximum Gasteiger partial charge on any atom is 0.315 e. The molecule has 2 aromatic heterocycles. The van der Waals surface area contributed by atoms with Crippen molar-refractivity contribution < 1.29 is 13.9 Å². The molecule has 0 bridgehead atoms. The average molecular weight is 339 g/mol. The largest absolute Gasteiger partial charge is 0.493 e. The Labute approximate surface area is 146 Å². The first-order valence-electron chi connectivity index (χ1n) is 8.21. The molecule has 130 valence electrons. The number of methoxy groups -OCH3 is 1. The molecule has 0 saturated carbocycles. The highest BCUT2D eigenvalue weighted by Gasteiger charge is 2.13. The predicted octanol–water partition coefficient (Wildman–Crippen LogP) is 3.79. The molecule has 25 heavy (non-hydrogen) atoms. The lowest BCUT2D eigenvalue weighted by atomic mass is 10.1. The van der Waals surface area contributed by atoms with Crippen molar-refractivity contribution in [2.75, 3.05) is 7.11 Å². The van der Waals surface area contributed by atoms with Gasteiger partial charge in [0.15, 0.2) is 11.3 Å². The number of hydrogen-bond acceptors (Lipinski definition) is 4. The number of carbonyl (C=O) groups is 1. The number of para-hydroxylation sites is 1. The molecule has 2 heterocycles. The first-order valence-corrected chi connectivity index (χ1v) is 8.21. The molecular weight excluding hydrogens is 318 g/mol. The Kier molecular flexibility index (Phi) is 5.18. The van der Waals surface area contributed by atoms with Crippen molar-refractivity contribution in [2.45, 2.75) is 25.9 Å². The molecule has 0 unspecified atom stereocenters. The Morgan fingerprint density at radius 2 is 2.08 bits per heavy atom. The molecule has 0 aliphatic carbocycles. The zero-order chi connectivity index (χ0) is 17.6. The number of rotatable bonds is 6. The van der Waals surface area contributed by atoms with E-state index >= 15 is 0 Å². The van der Waals surface area contributed by atoms with Gasteiger partial charge in [0.2, 0.25) is 0 Å². The Morgan fingerprint density at radius 3 is 2.80 bits per heavy atom. The molecule has 1 atom stereocenters. The van der Waals surface area contributed by atoms with Crippen molar-refractivity contribution in [3.05, 3.63) is 60.1 Å². The molecule has 0 aliphatic heterocycles. The van der Waals surface area contributed by atoms with Gasteiger partial charge in [0, 0.05) is 17.8 Å². The molecule has 1 aromatic carbocycles. The summed E-state index contributed by atoms with van der Waals surface area (Å²) < 4.78 is 11.1. The molecule has 0 saturated heterocycles. The summed E-state index contributed by atoms with van der Waals surface area (Å²) in [4.78, 5) is 16.2. The summed E-state index contributed by atoms with van der Waals surface area (Å²) in [6.45, 7) is 2.33. The van der Waals surface area contributed by atoms with E-state index in [1.807, 2.05) is 43.3 Å². The average Bonchev–Trinajstić information content (AvgIpc) is 3.08. The molecular formula is C19H21N3O3. The quantitative estimate of drug-likeness (QED) is 0.716. The highest BCUT2D eigenvalue weighted by Crippen LogP contribution is 2.28. The molecule has 0 spiro atoms. The Balaban J connectivity index is 1.62. The topological polar surface area (TPSA) is 76.4 Å². The minimum absolute atomic E-state index is 0.0567. The van der Waals surface area contributed by atoms with Crippen LogP contribution >= 0.6 is 0 Å². The molecule has 2 N–H and O–H groups in total. The van der Waals surface area contributed by atoms with Crippen molar-refractivity contribution in [3.8, 4) is 5.75 Å². The number of aromatic nitrogens is 1. The van der Waals surface area contributed by atoms with Crippen molar-refractivity contribution in [2.24, 2.45) is 0 Å². The standard InChI is InChI=1S/C19H21N3O3/c1-3-16(13-7-9-20-10-8-13)22-19(23)21-12-15-11-14-5-4-6-17(24-2)18(14)25-15/h4-11,16H,3,12H2,1-2H3,(H2,21,22,23)/t16-/m0/s1. The van der Waals surface area contributed by atoms with Crippen LogP contribution in [0.4, 0.5) is 4.79 Å². The monoisotopic (exact) mass is 339 g/mol. The smallest absolute Gasteiger partial charge is 0.315 e. The minimum Gasteiger partial charge on any atom is -0.493 e. The lowest BCUT2D eigenvalue weighted by Gasteiger charge is -2.17. The fraction of sp³-hybridized carbons (Fsp3) is 0.263. The number of pyridine rings is 1. The van der Waals surface area contributed by atoms with E-state index in [1.54, 1.807) is 19.5 Å². The molecule has 2 amide bonds. The summed E-state index contributed by atoms with van der Waals surface area (Å²) in [6, 6.07) is 11.1. The zero-order valence-corrected chi connectivity index (χ0v) is 14.3. The number of ether oxygens (including phenoxy) is 1. The van der Waals surface area contributed by atoms with Crippen molar-refractivity contribution in [1.29, 1.82) is 0 Å². The van der Waals surface area contributed by atoms with Crippen molar-refractivity contribution in [3.63, 3.8) is 0 Å². The normalized spacial score (nSPS) is 11.9. The van der Waals surface area contributed by atoms with Crippen LogP contribution in [0.3, 0.4) is 0 Å². The molecule has 0 fully saturated rings. The molecule has 3 rings (SSSR count). The summed E-state index contributed by atoms with van der Waals surface area (Å²) >= 11 is 0. The summed E-state index contributed by atoms with van der Waals surface area (Å²) in [6.07, 6.45) is 4.23. The van der Waals surface area contributed by atoms with Crippen LogP contribution in [-0.2, 0) is 6.54 Å². The van der Waals surface area contributed by atoms with E-state index in [1.165, 1.54) is 0 Å². The third-order valence-corrected chi connectivity index (χ3v) is 4.02. The Morgan fingerprint density at radius 1 is 1.28 bits per heavy atom.